The number of hydrogen-bond donors (Lipinski definition) is 2. The third-order valence-corrected chi connectivity index (χ3v) is 4.43. The van der Waals surface area contributed by atoms with Gasteiger partial charge in [-0.05, 0) is 25.2 Å². The van der Waals surface area contributed by atoms with Gasteiger partial charge in [0.15, 0.2) is 5.96 Å². The zero-order chi connectivity index (χ0) is 16.8. The molecule has 1 saturated carbocycles. The molecule has 1 heterocycles. The van der Waals surface area contributed by atoms with Crippen LogP contribution >= 0.6 is 0 Å². The molecule has 2 rings (SSSR count). The maximum absolute atomic E-state index is 11.8. The Morgan fingerprint density at radius 1 is 1.30 bits per heavy atom. The number of methoxy groups -OCH3 is 1. The molecule has 0 aromatic heterocycles. The summed E-state index contributed by atoms with van der Waals surface area (Å²) in [6.07, 6.45) is 3.53. The van der Waals surface area contributed by atoms with Crippen LogP contribution in [0.3, 0.4) is 0 Å². The molecular formula is C16H28N4O3. The van der Waals surface area contributed by atoms with E-state index in [-0.39, 0.29) is 23.7 Å². The Balaban J connectivity index is 1.70. The quantitative estimate of drug-likeness (QED) is 0.319. The first-order valence-corrected chi connectivity index (χ1v) is 8.38. The summed E-state index contributed by atoms with van der Waals surface area (Å²) >= 11 is 0. The monoisotopic (exact) mass is 324 g/mol. The fourth-order valence-electron chi connectivity index (χ4n) is 2.91. The predicted molar refractivity (Wildman–Crippen MR) is 88.0 cm³/mol. The fraction of sp³-hybridized carbons (Fsp3) is 0.812. The molecule has 2 unspecified atom stereocenters. The number of aliphatic imine (C=N–C) groups is 1. The first-order valence-electron chi connectivity index (χ1n) is 8.38. The second kappa shape index (κ2) is 8.17. The minimum atomic E-state index is -0.160. The zero-order valence-corrected chi connectivity index (χ0v) is 14.3. The molecule has 2 aliphatic rings. The third kappa shape index (κ3) is 5.11. The van der Waals surface area contributed by atoms with Crippen molar-refractivity contribution in [3.05, 3.63) is 0 Å². The van der Waals surface area contributed by atoms with E-state index in [0.717, 1.165) is 31.8 Å². The minimum Gasteiger partial charge on any atom is -0.469 e. The molecule has 7 heteroatoms. The van der Waals surface area contributed by atoms with Crippen molar-refractivity contribution < 1.29 is 14.3 Å². The van der Waals surface area contributed by atoms with Crippen molar-refractivity contribution in [2.75, 3.05) is 33.8 Å². The molecule has 1 aliphatic heterocycles. The lowest BCUT2D eigenvalue weighted by atomic mass is 9.99. The molecule has 23 heavy (non-hydrogen) atoms. The first-order chi connectivity index (χ1) is 11.0. The smallest absolute Gasteiger partial charge is 0.310 e. The van der Waals surface area contributed by atoms with Gasteiger partial charge in [-0.15, -0.1) is 0 Å². The fourth-order valence-corrected chi connectivity index (χ4v) is 2.91. The summed E-state index contributed by atoms with van der Waals surface area (Å²) in [5.41, 5.74) is 0. The van der Waals surface area contributed by atoms with Crippen LogP contribution in [-0.2, 0) is 14.3 Å². The SMILES string of the molecule is CN=C(NCCCC(=O)NC1CC1)N1CC(C)C(C(=O)OC)C1. The molecule has 7 nitrogen and oxygen atoms in total. The Labute approximate surface area is 137 Å². The second-order valence-corrected chi connectivity index (χ2v) is 6.43. The van der Waals surface area contributed by atoms with Crippen LogP contribution in [-0.4, -0.2) is 62.6 Å². The van der Waals surface area contributed by atoms with Gasteiger partial charge in [0.2, 0.25) is 5.91 Å². The molecular weight excluding hydrogens is 296 g/mol. The molecule has 2 atom stereocenters. The van der Waals surface area contributed by atoms with E-state index in [1.807, 2.05) is 0 Å². The van der Waals surface area contributed by atoms with E-state index in [2.05, 4.69) is 27.4 Å². The molecule has 0 aromatic rings. The van der Waals surface area contributed by atoms with E-state index in [9.17, 15) is 9.59 Å². The van der Waals surface area contributed by atoms with E-state index in [1.54, 1.807) is 7.05 Å². The maximum Gasteiger partial charge on any atom is 0.310 e. The van der Waals surface area contributed by atoms with E-state index >= 15 is 0 Å². The molecule has 0 bridgehead atoms. The molecule has 0 radical (unpaired) electrons. The normalized spacial score (nSPS) is 24.5. The van der Waals surface area contributed by atoms with Crippen molar-refractivity contribution in [2.45, 2.75) is 38.6 Å². The summed E-state index contributed by atoms with van der Waals surface area (Å²) in [6, 6.07) is 0.421. The summed E-state index contributed by atoms with van der Waals surface area (Å²) in [5, 5.41) is 6.26. The largest absolute Gasteiger partial charge is 0.469 e. The van der Waals surface area contributed by atoms with E-state index in [1.165, 1.54) is 7.11 Å². The van der Waals surface area contributed by atoms with Crippen LogP contribution in [0.4, 0.5) is 0 Å². The summed E-state index contributed by atoms with van der Waals surface area (Å²) in [7, 11) is 3.16. The number of guanidine groups is 1. The molecule has 1 amide bonds. The number of amides is 1. The van der Waals surface area contributed by atoms with Crippen molar-refractivity contribution in [3.63, 3.8) is 0 Å². The first kappa shape index (κ1) is 17.6. The van der Waals surface area contributed by atoms with Gasteiger partial charge in [-0.2, -0.15) is 0 Å². The van der Waals surface area contributed by atoms with Crippen molar-refractivity contribution in [2.24, 2.45) is 16.8 Å². The van der Waals surface area contributed by atoms with Crippen molar-refractivity contribution in [3.8, 4) is 0 Å². The van der Waals surface area contributed by atoms with Crippen LogP contribution in [0, 0.1) is 11.8 Å². The molecule has 0 aromatic carbocycles. The summed E-state index contributed by atoms with van der Waals surface area (Å²) < 4.78 is 4.86. The predicted octanol–water partition coefficient (Wildman–Crippen LogP) is 0.362. The standard InChI is InChI=1S/C16H28N4O3/c1-11-9-20(10-13(11)15(22)23-3)16(17-2)18-8-4-5-14(21)19-12-6-7-12/h11-13H,4-10H2,1-3H3,(H,17,18)(H,19,21). The van der Waals surface area contributed by atoms with E-state index in [0.29, 0.717) is 25.6 Å². The second-order valence-electron chi connectivity index (χ2n) is 6.43. The lowest BCUT2D eigenvalue weighted by Gasteiger charge is -2.21. The average Bonchev–Trinajstić information content (AvgIpc) is 3.26. The minimum absolute atomic E-state index is 0.108. The molecule has 0 spiro atoms. The number of likely N-dealkylation sites (tertiary alicyclic amines) is 1. The molecule has 1 saturated heterocycles. The molecule has 1 aliphatic carbocycles. The average molecular weight is 324 g/mol. The third-order valence-electron chi connectivity index (χ3n) is 4.43. The highest BCUT2D eigenvalue weighted by Crippen LogP contribution is 2.24. The van der Waals surface area contributed by atoms with E-state index < -0.39 is 0 Å². The Morgan fingerprint density at radius 3 is 2.65 bits per heavy atom. The number of rotatable bonds is 6. The van der Waals surface area contributed by atoms with Gasteiger partial charge in [-0.25, -0.2) is 0 Å². The Morgan fingerprint density at radius 2 is 2.04 bits per heavy atom. The van der Waals surface area contributed by atoms with Gasteiger partial charge in [0.1, 0.15) is 0 Å². The molecule has 2 N–H and O–H groups in total. The van der Waals surface area contributed by atoms with Gasteiger partial charge in [0.05, 0.1) is 13.0 Å². The van der Waals surface area contributed by atoms with Crippen LogP contribution in [0.15, 0.2) is 4.99 Å². The van der Waals surface area contributed by atoms with Gasteiger partial charge >= 0.3 is 5.97 Å². The topological polar surface area (TPSA) is 83.0 Å². The maximum atomic E-state index is 11.8. The highest BCUT2D eigenvalue weighted by molar-refractivity contribution is 5.82. The van der Waals surface area contributed by atoms with Crippen LogP contribution in [0.1, 0.15) is 32.6 Å². The summed E-state index contributed by atoms with van der Waals surface area (Å²) in [4.78, 5) is 29.7. The van der Waals surface area contributed by atoms with Crippen molar-refractivity contribution >= 4 is 17.8 Å². The Hall–Kier alpha value is -1.79. The van der Waals surface area contributed by atoms with Gasteiger partial charge in [-0.3, -0.25) is 14.6 Å². The number of hydrogen-bond acceptors (Lipinski definition) is 4. The number of esters is 1. The zero-order valence-electron chi connectivity index (χ0n) is 14.3. The lowest BCUT2D eigenvalue weighted by molar-refractivity contribution is -0.146. The number of nitrogens with zero attached hydrogens (tertiary/aromatic N) is 2. The Bertz CT molecular complexity index is 462. The summed E-state index contributed by atoms with van der Waals surface area (Å²) in [5.74, 6) is 0.885. The molecule has 2 fully saturated rings. The number of carbonyl (C=O) groups is 2. The van der Waals surface area contributed by atoms with E-state index in [4.69, 9.17) is 4.74 Å². The van der Waals surface area contributed by atoms with Crippen LogP contribution in [0.2, 0.25) is 0 Å². The van der Waals surface area contributed by atoms with Gasteiger partial charge in [0.25, 0.3) is 0 Å². The van der Waals surface area contributed by atoms with Crippen LogP contribution < -0.4 is 10.6 Å². The van der Waals surface area contributed by atoms with Crippen molar-refractivity contribution in [1.29, 1.82) is 0 Å². The van der Waals surface area contributed by atoms with Gasteiger partial charge in [0, 0.05) is 39.1 Å². The highest BCUT2D eigenvalue weighted by atomic mass is 16.5. The van der Waals surface area contributed by atoms with Crippen LogP contribution in [0.5, 0.6) is 0 Å². The van der Waals surface area contributed by atoms with Crippen LogP contribution in [0.25, 0.3) is 0 Å². The number of nitrogens with one attached hydrogen (secondary N) is 2. The lowest BCUT2D eigenvalue weighted by Crippen LogP contribution is -2.41. The molecule has 130 valence electrons. The highest BCUT2D eigenvalue weighted by Gasteiger charge is 2.36. The van der Waals surface area contributed by atoms with Gasteiger partial charge < -0.3 is 20.3 Å². The Kier molecular flexibility index (Phi) is 6.24. The number of ether oxygens (including phenoxy) is 1. The van der Waals surface area contributed by atoms with Crippen molar-refractivity contribution in [1.82, 2.24) is 15.5 Å². The number of carbonyl (C=O) groups excluding carboxylic acids is 2. The summed E-state index contributed by atoms with van der Waals surface area (Å²) in [6.45, 7) is 4.15. The van der Waals surface area contributed by atoms with Gasteiger partial charge in [-0.1, -0.05) is 6.92 Å².